The fraction of sp³-hybridized carbons (Fsp3) is 0.889. The first kappa shape index (κ1) is 21.3. The smallest absolute Gasteiger partial charge is 0.242 e. The first-order chi connectivity index (χ1) is 11.7. The zero-order valence-corrected chi connectivity index (χ0v) is 18.3. The largest absolute Gasteiger partial charge is 0.415 e. The summed E-state index contributed by atoms with van der Waals surface area (Å²) in [7, 11) is -1.94. The number of nitrogens with zero attached hydrogens (tertiary/aromatic N) is 1. The minimum Gasteiger partial charge on any atom is -0.415 e. The highest BCUT2D eigenvalue weighted by Gasteiger charge is 2.62. The molecule has 2 fully saturated rings. The van der Waals surface area contributed by atoms with Gasteiger partial charge in [-0.15, -0.1) is 0 Å². The van der Waals surface area contributed by atoms with Gasteiger partial charge in [-0.1, -0.05) is 20.8 Å². The molecule has 4 atom stereocenters. The van der Waals surface area contributed by atoms with Gasteiger partial charge in [0, 0.05) is 5.54 Å². The maximum Gasteiger partial charge on any atom is 0.242 e. The molecule has 0 saturated carbocycles. The van der Waals surface area contributed by atoms with E-state index >= 15 is 0 Å². The van der Waals surface area contributed by atoms with Crippen LogP contribution in [0.4, 0.5) is 0 Å². The Morgan fingerprint density at radius 3 is 2.31 bits per heavy atom. The van der Waals surface area contributed by atoms with Crippen LogP contribution >= 0.6 is 0 Å². The Morgan fingerprint density at radius 1 is 1.27 bits per heavy atom. The van der Waals surface area contributed by atoms with Crippen LogP contribution in [0.15, 0.2) is 0 Å². The third-order valence-electron chi connectivity index (χ3n) is 5.64. The van der Waals surface area contributed by atoms with E-state index in [-0.39, 0.29) is 41.1 Å². The topological polar surface area (TPSA) is 90.7 Å². The Morgan fingerprint density at radius 2 is 1.85 bits per heavy atom. The summed E-state index contributed by atoms with van der Waals surface area (Å²) in [5, 5.41) is 15.6. The predicted octanol–water partition coefficient (Wildman–Crippen LogP) is 0.835. The molecular weight excluding hydrogens is 350 g/mol. The fourth-order valence-electron chi connectivity index (χ4n) is 3.06. The maximum absolute atomic E-state index is 12.7. The van der Waals surface area contributed by atoms with Gasteiger partial charge in [0.25, 0.3) is 0 Å². The van der Waals surface area contributed by atoms with E-state index in [0.717, 1.165) is 0 Å². The first-order valence-corrected chi connectivity index (χ1v) is 12.3. The zero-order chi connectivity index (χ0) is 20.1. The molecule has 150 valence electrons. The second kappa shape index (κ2) is 6.89. The molecule has 8 heteroatoms. The number of nitrogens with one attached hydrogen (secondary N) is 2. The molecule has 0 aromatic rings. The number of aliphatic hydroxyl groups is 1. The molecule has 0 unspecified atom stereocenters. The Hall–Kier alpha value is -0.963. The molecule has 0 radical (unpaired) electrons. The molecule has 2 rings (SSSR count). The quantitative estimate of drug-likeness (QED) is 0.482. The molecule has 2 aliphatic rings. The van der Waals surface area contributed by atoms with Crippen LogP contribution in [0.1, 0.15) is 41.5 Å². The standard InChI is InChI=1S/C18H35N3O4Si/c1-17(2,3)20-15(23)13-14-12(10-25-26(7,8)18(4,5)6)21(14)16(24)11(9-22)19-13/h11-14,19,22H,9-10H2,1-8H3,(H,20,23)/t11-,12+,13+,14-,21?/m0/s1. The van der Waals surface area contributed by atoms with Crippen molar-refractivity contribution in [2.24, 2.45) is 0 Å². The lowest BCUT2D eigenvalue weighted by atomic mass is 10.0. The Balaban J connectivity index is 2.11. The number of carbonyl (C=O) groups is 2. The SMILES string of the molecule is CC(C)(C)NC(=O)[C@@H]1N[C@@H](CO)C(=O)N2[C@H]1[C@H]2CO[Si](C)(C)C(C)(C)C. The van der Waals surface area contributed by atoms with E-state index in [9.17, 15) is 14.7 Å². The molecular formula is C18H35N3O4Si. The van der Waals surface area contributed by atoms with Crippen molar-refractivity contribution >= 4 is 20.1 Å². The summed E-state index contributed by atoms with van der Waals surface area (Å²) in [6, 6.07) is -1.59. The van der Waals surface area contributed by atoms with Gasteiger partial charge in [-0.3, -0.25) is 14.9 Å². The van der Waals surface area contributed by atoms with Crippen molar-refractivity contribution in [3.05, 3.63) is 0 Å². The molecule has 2 amide bonds. The number of piperazine rings is 1. The fourth-order valence-corrected chi connectivity index (χ4v) is 4.08. The Kier molecular flexibility index (Phi) is 5.65. The normalized spacial score (nSPS) is 29.4. The summed E-state index contributed by atoms with van der Waals surface area (Å²) in [5.74, 6) is -0.297. The highest BCUT2D eigenvalue weighted by molar-refractivity contribution is 6.74. The van der Waals surface area contributed by atoms with Gasteiger partial charge in [-0.2, -0.15) is 0 Å². The summed E-state index contributed by atoms with van der Waals surface area (Å²) in [4.78, 5) is 26.9. The molecule has 26 heavy (non-hydrogen) atoms. The first-order valence-electron chi connectivity index (χ1n) is 9.35. The van der Waals surface area contributed by atoms with Crippen molar-refractivity contribution < 1.29 is 19.1 Å². The summed E-state index contributed by atoms with van der Waals surface area (Å²) < 4.78 is 6.28. The van der Waals surface area contributed by atoms with Gasteiger partial charge in [0.2, 0.25) is 11.8 Å². The molecule has 0 aromatic carbocycles. The van der Waals surface area contributed by atoms with Crippen LogP contribution < -0.4 is 10.6 Å². The molecule has 0 spiro atoms. The average molecular weight is 386 g/mol. The van der Waals surface area contributed by atoms with Crippen molar-refractivity contribution in [3.63, 3.8) is 0 Å². The number of hydrogen-bond donors (Lipinski definition) is 3. The molecule has 7 nitrogen and oxygen atoms in total. The number of hydrogen-bond acceptors (Lipinski definition) is 5. The van der Waals surface area contributed by atoms with Gasteiger partial charge in [0.15, 0.2) is 8.32 Å². The highest BCUT2D eigenvalue weighted by Crippen LogP contribution is 2.40. The van der Waals surface area contributed by atoms with E-state index < -0.39 is 20.4 Å². The van der Waals surface area contributed by atoms with E-state index in [0.29, 0.717) is 6.61 Å². The summed E-state index contributed by atoms with van der Waals surface area (Å²) in [6.07, 6.45) is 0. The second-order valence-corrected chi connectivity index (χ2v) is 14.8. The van der Waals surface area contributed by atoms with Gasteiger partial charge in [-0.25, -0.2) is 0 Å². The molecule has 0 aliphatic carbocycles. The molecule has 2 saturated heterocycles. The number of aliphatic hydroxyl groups excluding tert-OH is 1. The van der Waals surface area contributed by atoms with Crippen molar-refractivity contribution in [2.75, 3.05) is 13.2 Å². The van der Waals surface area contributed by atoms with E-state index in [1.807, 2.05) is 20.8 Å². The van der Waals surface area contributed by atoms with Crippen molar-refractivity contribution in [3.8, 4) is 0 Å². The van der Waals surface area contributed by atoms with Gasteiger partial charge in [-0.05, 0) is 38.9 Å². The number of amides is 2. The second-order valence-electron chi connectivity index (χ2n) is 9.99. The molecule has 0 aromatic heterocycles. The average Bonchev–Trinajstić information content (AvgIpc) is 3.17. The lowest BCUT2D eigenvalue weighted by molar-refractivity contribution is -0.134. The van der Waals surface area contributed by atoms with Crippen molar-refractivity contribution in [1.29, 1.82) is 0 Å². The molecule has 2 aliphatic heterocycles. The molecule has 3 N–H and O–H groups in total. The number of carbonyl (C=O) groups excluding carboxylic acids is 2. The predicted molar refractivity (Wildman–Crippen MR) is 103 cm³/mol. The summed E-state index contributed by atoms with van der Waals surface area (Å²) >= 11 is 0. The third-order valence-corrected chi connectivity index (χ3v) is 10.1. The van der Waals surface area contributed by atoms with Crippen LogP contribution in [0.3, 0.4) is 0 Å². The summed E-state index contributed by atoms with van der Waals surface area (Å²) in [5.41, 5.74) is -0.359. The number of fused-ring (bicyclic) bond motifs is 1. The molecule has 0 bridgehead atoms. The van der Waals surface area contributed by atoms with Crippen molar-refractivity contribution in [1.82, 2.24) is 15.5 Å². The van der Waals surface area contributed by atoms with Crippen molar-refractivity contribution in [2.45, 2.75) is 89.4 Å². The Bertz CT molecular complexity index is 568. The van der Waals surface area contributed by atoms with E-state index in [1.54, 1.807) is 4.90 Å². The maximum atomic E-state index is 12.7. The van der Waals surface area contributed by atoms with Crippen LogP contribution in [0.2, 0.25) is 18.1 Å². The highest BCUT2D eigenvalue weighted by atomic mass is 28.4. The van der Waals surface area contributed by atoms with Crippen LogP contribution in [0, 0.1) is 0 Å². The minimum atomic E-state index is -1.94. The van der Waals surface area contributed by atoms with E-state index in [4.69, 9.17) is 4.43 Å². The van der Waals surface area contributed by atoms with Gasteiger partial charge >= 0.3 is 0 Å². The van der Waals surface area contributed by atoms with Crippen LogP contribution in [0.5, 0.6) is 0 Å². The van der Waals surface area contributed by atoms with Gasteiger partial charge in [0.05, 0.1) is 25.3 Å². The monoisotopic (exact) mass is 385 g/mol. The van der Waals surface area contributed by atoms with Crippen LogP contribution in [-0.4, -0.2) is 73.1 Å². The van der Waals surface area contributed by atoms with Gasteiger partial charge < -0.3 is 19.7 Å². The Labute approximate surface area is 158 Å². The minimum absolute atomic E-state index is 0.0846. The van der Waals surface area contributed by atoms with Gasteiger partial charge in [0.1, 0.15) is 12.1 Å². The lowest BCUT2D eigenvalue weighted by Crippen LogP contribution is -2.62. The zero-order valence-electron chi connectivity index (χ0n) is 17.3. The molecule has 2 heterocycles. The third kappa shape index (κ3) is 4.29. The summed E-state index contributed by atoms with van der Waals surface area (Å²) in [6.45, 7) is 16.8. The van der Waals surface area contributed by atoms with Crippen LogP contribution in [0.25, 0.3) is 0 Å². The van der Waals surface area contributed by atoms with E-state index in [2.05, 4.69) is 44.5 Å². The van der Waals surface area contributed by atoms with Crippen LogP contribution in [-0.2, 0) is 14.0 Å². The number of rotatable bonds is 5. The van der Waals surface area contributed by atoms with E-state index in [1.165, 1.54) is 0 Å². The lowest BCUT2D eigenvalue weighted by Gasteiger charge is -2.36.